The van der Waals surface area contributed by atoms with Crippen molar-refractivity contribution in [3.63, 3.8) is 0 Å². The molecular formula is C70H88F2N10O13. The first-order chi connectivity index (χ1) is 45.5. The van der Waals surface area contributed by atoms with Gasteiger partial charge in [-0.1, -0.05) is 65.0 Å². The molecule has 23 nitrogen and oxygen atoms in total. The Kier molecular flexibility index (Phi) is 24.3. The molecule has 9 rings (SSSR count). The number of halogens is 2. The predicted molar refractivity (Wildman–Crippen MR) is 349 cm³/mol. The van der Waals surface area contributed by atoms with Gasteiger partial charge in [0, 0.05) is 49.3 Å². The van der Waals surface area contributed by atoms with E-state index < -0.39 is 47.2 Å². The van der Waals surface area contributed by atoms with Gasteiger partial charge in [-0.2, -0.15) is 5.10 Å². The molecule has 0 unspecified atom stereocenters. The van der Waals surface area contributed by atoms with E-state index in [-0.39, 0.29) is 85.8 Å². The van der Waals surface area contributed by atoms with E-state index in [0.717, 1.165) is 59.7 Å². The number of rotatable bonds is 31. The second kappa shape index (κ2) is 32.7. The van der Waals surface area contributed by atoms with Gasteiger partial charge in [0.1, 0.15) is 42.1 Å². The molecule has 95 heavy (non-hydrogen) atoms. The average molecular weight is 1320 g/mol. The minimum Gasteiger partial charge on any atom is -0.491 e. The molecule has 2 aliphatic carbocycles. The van der Waals surface area contributed by atoms with Crippen LogP contribution in [0, 0.1) is 17.3 Å². The molecule has 0 bridgehead atoms. The van der Waals surface area contributed by atoms with Crippen molar-refractivity contribution >= 4 is 47.1 Å². The Morgan fingerprint density at radius 3 is 2.16 bits per heavy atom. The highest BCUT2D eigenvalue weighted by atomic mass is 19.3. The quantitative estimate of drug-likeness (QED) is 0.0295. The Morgan fingerprint density at radius 2 is 1.48 bits per heavy atom. The normalized spacial score (nSPS) is 16.1. The van der Waals surface area contributed by atoms with E-state index in [1.54, 1.807) is 37.8 Å². The number of ether oxygens (including phenoxy) is 6. The molecule has 1 aliphatic heterocycles. The van der Waals surface area contributed by atoms with Crippen molar-refractivity contribution in [2.75, 3.05) is 82.8 Å². The number of fused-ring (bicyclic) bond motifs is 2. The molecular weight excluding hydrogens is 1230 g/mol. The number of carbonyl (C=O) groups is 6. The fraction of sp³-hybridized carbons (Fsp3) is 0.500. The van der Waals surface area contributed by atoms with Gasteiger partial charge in [-0.05, 0) is 141 Å². The van der Waals surface area contributed by atoms with E-state index >= 15 is 0 Å². The molecule has 4 N–H and O–H groups in total. The summed E-state index contributed by atoms with van der Waals surface area (Å²) in [7, 11) is 0. The zero-order valence-electron chi connectivity index (χ0n) is 55.4. The molecule has 0 saturated heterocycles. The summed E-state index contributed by atoms with van der Waals surface area (Å²) >= 11 is 0. The molecule has 4 atom stereocenters. The molecule has 6 amide bonds. The average Bonchev–Trinajstić information content (AvgIpc) is 1.54. The highest BCUT2D eigenvalue weighted by Crippen LogP contribution is 2.36. The number of nitrogens with zero attached hydrogens (tertiary/aromatic N) is 6. The Morgan fingerprint density at radius 1 is 0.789 bits per heavy atom. The van der Waals surface area contributed by atoms with E-state index in [2.05, 4.69) is 48.5 Å². The van der Waals surface area contributed by atoms with Crippen molar-refractivity contribution in [3.8, 4) is 22.9 Å². The zero-order chi connectivity index (χ0) is 67.8. The molecule has 1 fully saturated rings. The topological polar surface area (TPSA) is 269 Å². The third-order valence-corrected chi connectivity index (χ3v) is 16.5. The van der Waals surface area contributed by atoms with E-state index in [0.29, 0.717) is 93.3 Å². The lowest BCUT2D eigenvalue weighted by atomic mass is 9.83. The molecule has 1 saturated carbocycles. The second-order valence-corrected chi connectivity index (χ2v) is 26.1. The maximum Gasteiger partial charge on any atom is 0.416 e. The monoisotopic (exact) mass is 1310 g/mol. The van der Waals surface area contributed by atoms with Crippen molar-refractivity contribution in [1.29, 1.82) is 0 Å². The van der Waals surface area contributed by atoms with Crippen LogP contribution < -0.4 is 30.9 Å². The van der Waals surface area contributed by atoms with Gasteiger partial charge in [0.05, 0.1) is 76.5 Å². The lowest BCUT2D eigenvalue weighted by Crippen LogP contribution is -2.61. The summed E-state index contributed by atoms with van der Waals surface area (Å²) in [5.74, 6) is -0.944. The summed E-state index contributed by atoms with van der Waals surface area (Å²) in [4.78, 5) is 93.6. The van der Waals surface area contributed by atoms with E-state index in [1.165, 1.54) is 47.1 Å². The van der Waals surface area contributed by atoms with Crippen molar-refractivity contribution < 1.29 is 70.4 Å². The van der Waals surface area contributed by atoms with E-state index in [1.807, 2.05) is 65.0 Å². The van der Waals surface area contributed by atoms with Crippen LogP contribution in [0.4, 0.5) is 25.1 Å². The highest BCUT2D eigenvalue weighted by molar-refractivity contribution is 6.03. The van der Waals surface area contributed by atoms with E-state index in [9.17, 15) is 37.5 Å². The number of amides is 6. The number of aryl methyl sites for hydroxylation is 1. The maximum absolute atomic E-state index is 14.7. The van der Waals surface area contributed by atoms with Gasteiger partial charge in [-0.15, -0.1) is 0 Å². The third kappa shape index (κ3) is 19.7. The number of carbonyl (C=O) groups excluding carboxylic acids is 6. The van der Waals surface area contributed by atoms with Crippen LogP contribution in [0.1, 0.15) is 149 Å². The van der Waals surface area contributed by atoms with Gasteiger partial charge in [0.25, 0.3) is 18.2 Å². The number of nitrogens with one attached hydrogen (secondary N) is 4. The number of benzene rings is 3. The fourth-order valence-electron chi connectivity index (χ4n) is 11.0. The second-order valence-electron chi connectivity index (χ2n) is 26.1. The molecule has 6 aromatic rings. The molecule has 3 aromatic carbocycles. The number of oxazole rings is 1. The first-order valence-corrected chi connectivity index (χ1v) is 32.6. The molecule has 0 radical (unpaired) electrons. The van der Waals surface area contributed by atoms with Gasteiger partial charge >= 0.3 is 6.09 Å². The number of hydrogen-bond acceptors (Lipinski definition) is 16. The van der Waals surface area contributed by atoms with Crippen molar-refractivity contribution in [2.24, 2.45) is 17.3 Å². The first-order valence-electron chi connectivity index (χ1n) is 32.6. The smallest absolute Gasteiger partial charge is 0.416 e. The van der Waals surface area contributed by atoms with Crippen LogP contribution in [-0.2, 0) is 57.5 Å². The van der Waals surface area contributed by atoms with Gasteiger partial charge in [0.15, 0.2) is 11.4 Å². The lowest BCUT2D eigenvalue weighted by Gasteiger charge is -2.42. The summed E-state index contributed by atoms with van der Waals surface area (Å²) < 4.78 is 69.6. The molecule has 4 heterocycles. The third-order valence-electron chi connectivity index (χ3n) is 16.5. The summed E-state index contributed by atoms with van der Waals surface area (Å²) in [5.41, 5.74) is 2.70. The van der Waals surface area contributed by atoms with E-state index in [4.69, 9.17) is 32.8 Å². The fourth-order valence-corrected chi connectivity index (χ4v) is 11.0. The molecule has 3 aliphatic rings. The van der Waals surface area contributed by atoms with Gasteiger partial charge in [-0.3, -0.25) is 28.9 Å². The first kappa shape index (κ1) is 70.7. The largest absolute Gasteiger partial charge is 0.491 e. The Bertz CT molecular complexity index is 3600. The zero-order valence-corrected chi connectivity index (χ0v) is 55.4. The molecule has 3 aromatic heterocycles. The summed E-state index contributed by atoms with van der Waals surface area (Å²) in [5, 5.41) is 15.6. The van der Waals surface area contributed by atoms with Crippen molar-refractivity contribution in [1.82, 2.24) is 40.6 Å². The predicted octanol–water partition coefficient (Wildman–Crippen LogP) is 10.2. The van der Waals surface area contributed by atoms with Gasteiger partial charge < -0.3 is 59.0 Å². The van der Waals surface area contributed by atoms with Crippen LogP contribution in [0.15, 0.2) is 102 Å². The van der Waals surface area contributed by atoms with Crippen LogP contribution in [0.2, 0.25) is 0 Å². The number of pyridine rings is 1. The Hall–Kier alpha value is -8.65. The number of hydrogen-bond donors (Lipinski definition) is 4. The molecule has 0 spiro atoms. The van der Waals surface area contributed by atoms with Gasteiger partial charge in [-0.25, -0.2) is 28.2 Å². The molecule has 510 valence electrons. The number of anilines is 2. The summed E-state index contributed by atoms with van der Waals surface area (Å²) in [6.07, 6.45) is 5.83. The number of alkyl halides is 2. The van der Waals surface area contributed by atoms with Gasteiger partial charge in [0.2, 0.25) is 23.6 Å². The minimum absolute atomic E-state index is 0.0375. The SMILES string of the molecule is CC[C@@H](C)C(=O)N[C@H](C(=O)N1Cc2cc(OCCOCCOCCOCCOCCNC(=O)c3ccc(-n4cc(NC(=O)c5coc(-c6ccnc(N(CC7CC7)C(=O)OC(C)(C)C)c6)n5)c(C(F)F)n4)cc3)ccc2C[C@H]1C(=O)N[C@@H]1CCCc2ccccc21)C(C)(C)C. The number of aromatic nitrogens is 4. The van der Waals surface area contributed by atoms with Crippen LogP contribution in [0.3, 0.4) is 0 Å². The standard InChI is InChI=1S/C70H88F2N10O13/c1-9-44(2)62(83)78-60(69(3,4)5)67(87)80-41-50-37-52(24-21-48(50)38-57(80)65(86)75-54-16-12-14-46-13-10-11-15-53(46)54)93-36-35-92-34-33-91-32-31-90-30-29-89-28-27-74-63(84)47-19-22-51(23-20-47)82-42-55(59(79-82)61(71)72)76-64(85)56-43-94-66(77-56)49-25-26-73-58(39-49)81(40-45-17-18-45)68(88)95-70(6,7)8/h10-11,13,15,19-26,37,39,42-45,54,57,60-61H,9,12,14,16-18,27-36,38,40-41H2,1-8H3,(H,74,84)(H,75,86)(H,76,85)(H,78,83)/t44-,54-,57+,60-/m1/s1. The van der Waals surface area contributed by atoms with Crippen LogP contribution >= 0.6 is 0 Å². The van der Waals surface area contributed by atoms with Crippen LogP contribution in [-0.4, -0.2) is 151 Å². The lowest BCUT2D eigenvalue weighted by molar-refractivity contribution is -0.147. The van der Waals surface area contributed by atoms with Crippen LogP contribution in [0.5, 0.6) is 5.75 Å². The highest BCUT2D eigenvalue weighted by Gasteiger charge is 2.43. The Balaban J connectivity index is 0.644. The maximum atomic E-state index is 14.7. The van der Waals surface area contributed by atoms with Crippen molar-refractivity contribution in [2.45, 2.75) is 137 Å². The summed E-state index contributed by atoms with van der Waals surface area (Å²) in [6, 6.07) is 21.4. The minimum atomic E-state index is -3.05. The van der Waals surface area contributed by atoms with Crippen LogP contribution in [0.25, 0.3) is 17.1 Å². The Labute approximate surface area is 552 Å². The van der Waals surface area contributed by atoms with Crippen molar-refractivity contribution in [3.05, 3.63) is 137 Å². The summed E-state index contributed by atoms with van der Waals surface area (Å²) in [6.45, 7) is 18.4. The molecule has 25 heteroatoms.